The maximum atomic E-state index is 13.0. The average molecular weight is 394 g/mol. The second kappa shape index (κ2) is 7.10. The molecule has 9 heteroatoms. The van der Waals surface area contributed by atoms with Crippen molar-refractivity contribution < 1.29 is 17.9 Å². The van der Waals surface area contributed by atoms with Crippen molar-refractivity contribution in [1.82, 2.24) is 20.2 Å². The molecule has 0 aromatic carbocycles. The number of amides is 1. The molecule has 3 fully saturated rings. The van der Waals surface area contributed by atoms with Gasteiger partial charge in [0, 0.05) is 50.7 Å². The van der Waals surface area contributed by atoms with Crippen molar-refractivity contribution in [1.29, 1.82) is 0 Å². The third-order valence-corrected chi connectivity index (χ3v) is 7.79. The van der Waals surface area contributed by atoms with Crippen LogP contribution in [0.5, 0.6) is 0 Å². The summed E-state index contributed by atoms with van der Waals surface area (Å²) in [7, 11) is -2.95. The lowest BCUT2D eigenvalue weighted by atomic mass is 9.71. The zero-order chi connectivity index (χ0) is 19.1. The van der Waals surface area contributed by atoms with Crippen LogP contribution in [0.25, 0.3) is 0 Å². The van der Waals surface area contributed by atoms with E-state index in [-0.39, 0.29) is 34.8 Å². The van der Waals surface area contributed by atoms with Gasteiger partial charge in [-0.3, -0.25) is 19.7 Å². The van der Waals surface area contributed by atoms with E-state index in [2.05, 4.69) is 20.2 Å². The van der Waals surface area contributed by atoms with Crippen molar-refractivity contribution in [2.24, 2.45) is 11.3 Å². The standard InChI is InChI=1S/C18H26N4O4S/c1-13-6-19-7-14(20-13)8-22-9-16(18(12-22)2-4-26-5-3-18)17(23)21-15-10-27(24,25)11-15/h6-7,15-16H,2-5,8-12H2,1H3,(H,21,23)/t16-/m0/s1. The van der Waals surface area contributed by atoms with Crippen LogP contribution in [0, 0.1) is 18.3 Å². The highest BCUT2D eigenvalue weighted by Crippen LogP contribution is 2.44. The van der Waals surface area contributed by atoms with E-state index in [0.29, 0.717) is 26.3 Å². The SMILES string of the molecule is Cc1cncc(CN2C[C@@H](C(=O)NC3CS(=O)(=O)C3)C3(CCOCC3)C2)n1. The highest BCUT2D eigenvalue weighted by atomic mass is 32.2. The number of aromatic nitrogens is 2. The summed E-state index contributed by atoms with van der Waals surface area (Å²) in [5.41, 5.74) is 1.68. The highest BCUT2D eigenvalue weighted by Gasteiger charge is 2.51. The minimum Gasteiger partial charge on any atom is -0.381 e. The molecule has 1 atom stereocenters. The van der Waals surface area contributed by atoms with Crippen LogP contribution in [0.15, 0.2) is 12.4 Å². The predicted molar refractivity (Wildman–Crippen MR) is 98.6 cm³/mol. The number of hydrogen-bond acceptors (Lipinski definition) is 7. The van der Waals surface area contributed by atoms with Gasteiger partial charge < -0.3 is 10.1 Å². The number of sulfone groups is 1. The molecule has 27 heavy (non-hydrogen) atoms. The number of aryl methyl sites for hydroxylation is 1. The van der Waals surface area contributed by atoms with E-state index < -0.39 is 9.84 Å². The molecule has 1 aromatic heterocycles. The Balaban J connectivity index is 1.47. The van der Waals surface area contributed by atoms with E-state index in [1.165, 1.54) is 0 Å². The van der Waals surface area contributed by atoms with Crippen LogP contribution in [-0.2, 0) is 25.9 Å². The summed E-state index contributed by atoms with van der Waals surface area (Å²) in [5.74, 6) is -0.0500. The molecule has 0 saturated carbocycles. The molecule has 1 amide bonds. The third-order valence-electron chi connectivity index (χ3n) is 5.97. The average Bonchev–Trinajstić information content (AvgIpc) is 2.91. The van der Waals surface area contributed by atoms with Crippen LogP contribution >= 0.6 is 0 Å². The molecule has 1 spiro atoms. The summed E-state index contributed by atoms with van der Waals surface area (Å²) in [5, 5.41) is 2.97. The Morgan fingerprint density at radius 2 is 2.07 bits per heavy atom. The molecule has 148 valence electrons. The molecule has 0 unspecified atom stereocenters. The molecule has 4 heterocycles. The topological polar surface area (TPSA) is 101 Å². The molecule has 1 aromatic rings. The first-order chi connectivity index (χ1) is 12.9. The molecule has 0 bridgehead atoms. The molecule has 1 N–H and O–H groups in total. The number of nitrogens with zero attached hydrogens (tertiary/aromatic N) is 3. The van der Waals surface area contributed by atoms with Gasteiger partial charge in [-0.1, -0.05) is 0 Å². The van der Waals surface area contributed by atoms with Crippen LogP contribution in [0.4, 0.5) is 0 Å². The van der Waals surface area contributed by atoms with Crippen LogP contribution in [-0.4, -0.2) is 73.0 Å². The summed E-state index contributed by atoms with van der Waals surface area (Å²) >= 11 is 0. The van der Waals surface area contributed by atoms with E-state index in [1.807, 2.05) is 6.92 Å². The lowest BCUT2D eigenvalue weighted by Crippen LogP contribution is -2.56. The first-order valence-electron chi connectivity index (χ1n) is 9.44. The zero-order valence-corrected chi connectivity index (χ0v) is 16.4. The zero-order valence-electron chi connectivity index (χ0n) is 15.6. The van der Waals surface area contributed by atoms with Gasteiger partial charge in [0.25, 0.3) is 0 Å². The number of carbonyl (C=O) groups excluding carboxylic acids is 1. The Bertz CT molecular complexity index is 810. The number of rotatable bonds is 4. The minimum atomic E-state index is -2.95. The second-order valence-corrected chi connectivity index (χ2v) is 10.3. The summed E-state index contributed by atoms with van der Waals surface area (Å²) in [6.07, 6.45) is 5.21. The quantitative estimate of drug-likeness (QED) is 0.762. The fraction of sp³-hybridized carbons (Fsp3) is 0.722. The Morgan fingerprint density at radius 1 is 1.33 bits per heavy atom. The number of likely N-dealkylation sites (tertiary alicyclic amines) is 1. The van der Waals surface area contributed by atoms with Crippen LogP contribution in [0.1, 0.15) is 24.2 Å². The normalized spacial score (nSPS) is 27.4. The number of ether oxygens (including phenoxy) is 1. The molecule has 8 nitrogen and oxygen atoms in total. The van der Waals surface area contributed by atoms with Gasteiger partial charge in [0.2, 0.25) is 5.91 Å². The van der Waals surface area contributed by atoms with Crippen molar-refractivity contribution in [2.75, 3.05) is 37.8 Å². The summed E-state index contributed by atoms with van der Waals surface area (Å²) in [6, 6.07) is -0.240. The Labute approximate surface area is 159 Å². The maximum absolute atomic E-state index is 13.0. The highest BCUT2D eigenvalue weighted by molar-refractivity contribution is 7.92. The molecule has 0 aliphatic carbocycles. The van der Waals surface area contributed by atoms with E-state index in [4.69, 9.17) is 4.74 Å². The minimum absolute atomic E-state index is 0.0189. The molecule has 4 rings (SSSR count). The van der Waals surface area contributed by atoms with E-state index in [1.54, 1.807) is 12.4 Å². The molecular formula is C18H26N4O4S. The maximum Gasteiger partial charge on any atom is 0.225 e. The van der Waals surface area contributed by atoms with E-state index >= 15 is 0 Å². The van der Waals surface area contributed by atoms with Crippen molar-refractivity contribution in [3.63, 3.8) is 0 Å². The molecule has 3 aliphatic heterocycles. The summed E-state index contributed by atoms with van der Waals surface area (Å²) in [4.78, 5) is 24.0. The fourth-order valence-corrected chi connectivity index (χ4v) is 5.90. The Kier molecular flexibility index (Phi) is 4.94. The van der Waals surface area contributed by atoms with Gasteiger partial charge in [0.15, 0.2) is 9.84 Å². The van der Waals surface area contributed by atoms with Gasteiger partial charge in [0.1, 0.15) is 0 Å². The molecule has 3 aliphatic rings. The van der Waals surface area contributed by atoms with Crippen LogP contribution < -0.4 is 5.32 Å². The number of hydrogen-bond donors (Lipinski definition) is 1. The monoisotopic (exact) mass is 394 g/mol. The summed E-state index contributed by atoms with van der Waals surface area (Å²) < 4.78 is 28.3. The molecular weight excluding hydrogens is 368 g/mol. The summed E-state index contributed by atoms with van der Waals surface area (Å²) in [6.45, 7) is 5.40. The molecule has 3 saturated heterocycles. The van der Waals surface area contributed by atoms with E-state index in [0.717, 1.165) is 30.8 Å². The predicted octanol–water partition coefficient (Wildman–Crippen LogP) is -0.0732. The van der Waals surface area contributed by atoms with Gasteiger partial charge >= 0.3 is 0 Å². The third kappa shape index (κ3) is 4.00. The van der Waals surface area contributed by atoms with Crippen molar-refractivity contribution >= 4 is 15.7 Å². The first kappa shape index (κ1) is 18.8. The van der Waals surface area contributed by atoms with Gasteiger partial charge in [-0.15, -0.1) is 0 Å². The van der Waals surface area contributed by atoms with E-state index in [9.17, 15) is 13.2 Å². The second-order valence-electron chi connectivity index (χ2n) is 8.13. The smallest absolute Gasteiger partial charge is 0.225 e. The van der Waals surface area contributed by atoms with Crippen molar-refractivity contribution in [3.8, 4) is 0 Å². The largest absolute Gasteiger partial charge is 0.381 e. The first-order valence-corrected chi connectivity index (χ1v) is 11.3. The van der Waals surface area contributed by atoms with Gasteiger partial charge in [-0.05, 0) is 19.8 Å². The van der Waals surface area contributed by atoms with Crippen molar-refractivity contribution in [3.05, 3.63) is 23.8 Å². The Hall–Kier alpha value is -1.58. The molecule has 0 radical (unpaired) electrons. The van der Waals surface area contributed by atoms with Gasteiger partial charge in [0.05, 0.1) is 34.9 Å². The van der Waals surface area contributed by atoms with Gasteiger partial charge in [-0.2, -0.15) is 0 Å². The van der Waals surface area contributed by atoms with Crippen LogP contribution in [0.3, 0.4) is 0 Å². The number of carbonyl (C=O) groups is 1. The lowest BCUT2D eigenvalue weighted by Gasteiger charge is -2.38. The lowest BCUT2D eigenvalue weighted by molar-refractivity contribution is -0.130. The van der Waals surface area contributed by atoms with Crippen LogP contribution in [0.2, 0.25) is 0 Å². The van der Waals surface area contributed by atoms with Gasteiger partial charge in [-0.25, -0.2) is 8.42 Å². The Morgan fingerprint density at radius 3 is 2.74 bits per heavy atom. The fourth-order valence-electron chi connectivity index (χ4n) is 4.61. The number of nitrogens with one attached hydrogen (secondary N) is 1. The van der Waals surface area contributed by atoms with Crippen molar-refractivity contribution in [2.45, 2.75) is 32.4 Å².